The number of aliphatic hydroxyl groups is 1. The summed E-state index contributed by atoms with van der Waals surface area (Å²) in [6.07, 6.45) is 2.93. The maximum Gasteiger partial charge on any atom is 0.187 e. The number of aliphatic hydroxyl groups excluding tert-OH is 1. The smallest absolute Gasteiger partial charge is 0.187 e. The highest BCUT2D eigenvalue weighted by atomic mass is 19.1. The van der Waals surface area contributed by atoms with Crippen molar-refractivity contribution in [2.24, 2.45) is 0 Å². The SMILES string of the molecule is COc1ccc(C=CC(=O)c2cc(-c3cccc(CO)c3)ccc2N2CCN(C)CC2)c(F)c1. The van der Waals surface area contributed by atoms with Gasteiger partial charge in [0, 0.05) is 49.1 Å². The first kappa shape index (κ1) is 23.7. The number of allylic oxidation sites excluding steroid dienone is 1. The Labute approximate surface area is 199 Å². The molecule has 3 aromatic carbocycles. The van der Waals surface area contributed by atoms with Crippen LogP contribution in [0.1, 0.15) is 21.5 Å². The first-order chi connectivity index (χ1) is 16.5. The van der Waals surface area contributed by atoms with Crippen molar-refractivity contribution in [2.75, 3.05) is 45.2 Å². The average molecular weight is 461 g/mol. The molecule has 6 heteroatoms. The van der Waals surface area contributed by atoms with Gasteiger partial charge in [-0.3, -0.25) is 4.79 Å². The van der Waals surface area contributed by atoms with Crippen LogP contribution >= 0.6 is 0 Å². The summed E-state index contributed by atoms with van der Waals surface area (Å²) >= 11 is 0. The zero-order valence-corrected chi connectivity index (χ0v) is 19.5. The maximum absolute atomic E-state index is 14.4. The van der Waals surface area contributed by atoms with Crippen molar-refractivity contribution in [3.8, 4) is 16.9 Å². The highest BCUT2D eigenvalue weighted by Crippen LogP contribution is 2.30. The molecule has 0 unspecified atom stereocenters. The van der Waals surface area contributed by atoms with Gasteiger partial charge < -0.3 is 19.6 Å². The zero-order chi connectivity index (χ0) is 24.1. The molecule has 1 N–H and O–H groups in total. The Morgan fingerprint density at radius 2 is 1.79 bits per heavy atom. The molecule has 0 aromatic heterocycles. The summed E-state index contributed by atoms with van der Waals surface area (Å²) in [5.74, 6) is -0.210. The molecule has 0 spiro atoms. The van der Waals surface area contributed by atoms with Crippen LogP contribution < -0.4 is 9.64 Å². The molecule has 0 bridgehead atoms. The van der Waals surface area contributed by atoms with E-state index in [1.807, 2.05) is 42.5 Å². The van der Waals surface area contributed by atoms with Crippen LogP contribution in [0.4, 0.5) is 10.1 Å². The molecular weight excluding hydrogens is 431 g/mol. The Morgan fingerprint density at radius 1 is 1.03 bits per heavy atom. The number of ether oxygens (including phenoxy) is 1. The number of anilines is 1. The molecule has 0 radical (unpaired) electrons. The third-order valence-electron chi connectivity index (χ3n) is 6.17. The summed E-state index contributed by atoms with van der Waals surface area (Å²) in [7, 11) is 3.57. The van der Waals surface area contributed by atoms with Crippen molar-refractivity contribution in [1.29, 1.82) is 0 Å². The van der Waals surface area contributed by atoms with Crippen LogP contribution in [0.15, 0.2) is 66.7 Å². The molecule has 0 saturated carbocycles. The van der Waals surface area contributed by atoms with Crippen molar-refractivity contribution in [3.05, 3.63) is 89.2 Å². The van der Waals surface area contributed by atoms with E-state index < -0.39 is 5.82 Å². The normalized spacial score (nSPS) is 14.5. The molecule has 1 fully saturated rings. The Morgan fingerprint density at radius 3 is 2.50 bits per heavy atom. The number of carbonyl (C=O) groups is 1. The van der Waals surface area contributed by atoms with Crippen LogP contribution in [0, 0.1) is 5.82 Å². The lowest BCUT2D eigenvalue weighted by atomic mass is 9.97. The Kier molecular flexibility index (Phi) is 7.40. The monoisotopic (exact) mass is 460 g/mol. The van der Waals surface area contributed by atoms with Gasteiger partial charge in [-0.1, -0.05) is 24.3 Å². The van der Waals surface area contributed by atoms with Crippen LogP contribution in [0.2, 0.25) is 0 Å². The quantitative estimate of drug-likeness (QED) is 0.411. The molecule has 5 nitrogen and oxygen atoms in total. The molecule has 0 amide bonds. The number of hydrogen-bond acceptors (Lipinski definition) is 5. The first-order valence-electron chi connectivity index (χ1n) is 11.3. The minimum absolute atomic E-state index is 0.0465. The summed E-state index contributed by atoms with van der Waals surface area (Å²) in [4.78, 5) is 17.9. The largest absolute Gasteiger partial charge is 0.497 e. The van der Waals surface area contributed by atoms with E-state index >= 15 is 0 Å². The molecule has 34 heavy (non-hydrogen) atoms. The van der Waals surface area contributed by atoms with E-state index in [9.17, 15) is 14.3 Å². The van der Waals surface area contributed by atoms with Gasteiger partial charge >= 0.3 is 0 Å². The van der Waals surface area contributed by atoms with Gasteiger partial charge in [0.2, 0.25) is 0 Å². The van der Waals surface area contributed by atoms with E-state index in [-0.39, 0.29) is 12.4 Å². The highest BCUT2D eigenvalue weighted by Gasteiger charge is 2.20. The summed E-state index contributed by atoms with van der Waals surface area (Å²) in [5.41, 5.74) is 4.39. The van der Waals surface area contributed by atoms with Crippen molar-refractivity contribution in [3.63, 3.8) is 0 Å². The summed E-state index contributed by atoms with van der Waals surface area (Å²) < 4.78 is 19.4. The van der Waals surface area contributed by atoms with Crippen LogP contribution in [0.3, 0.4) is 0 Å². The van der Waals surface area contributed by atoms with Crippen molar-refractivity contribution >= 4 is 17.5 Å². The Balaban J connectivity index is 1.70. The topological polar surface area (TPSA) is 53.0 Å². The molecule has 1 aliphatic rings. The number of hydrogen-bond donors (Lipinski definition) is 1. The number of rotatable bonds is 7. The van der Waals surface area contributed by atoms with Gasteiger partial charge in [0.1, 0.15) is 11.6 Å². The molecule has 1 saturated heterocycles. The molecule has 1 aliphatic heterocycles. The molecule has 176 valence electrons. The lowest BCUT2D eigenvalue weighted by Gasteiger charge is -2.35. The molecule has 3 aromatic rings. The number of likely N-dealkylation sites (N-methyl/N-ethyl adjacent to an activating group) is 1. The minimum atomic E-state index is -0.447. The van der Waals surface area contributed by atoms with E-state index in [4.69, 9.17) is 4.74 Å². The molecule has 4 rings (SSSR count). The lowest BCUT2D eigenvalue weighted by Crippen LogP contribution is -2.45. The summed E-state index contributed by atoms with van der Waals surface area (Å²) in [6.45, 7) is 3.44. The number of carbonyl (C=O) groups excluding carboxylic acids is 1. The van der Waals surface area contributed by atoms with Gasteiger partial charge in [-0.25, -0.2) is 4.39 Å². The number of halogens is 1. The standard InChI is InChI=1S/C28H29FN2O3/c1-30-12-14-31(15-13-30)27-10-7-23(22-5-3-4-20(16-22)19-32)17-25(27)28(33)11-8-21-6-9-24(34-2)18-26(21)29/h3-11,16-18,32H,12-15,19H2,1-2H3. The molecule has 0 atom stereocenters. The average Bonchev–Trinajstić information content (AvgIpc) is 2.88. The van der Waals surface area contributed by atoms with Gasteiger partial charge in [-0.2, -0.15) is 0 Å². The van der Waals surface area contributed by atoms with E-state index in [1.54, 1.807) is 12.1 Å². The number of ketones is 1. The molecule has 0 aliphatic carbocycles. The second-order valence-electron chi connectivity index (χ2n) is 8.47. The number of nitrogens with zero attached hydrogens (tertiary/aromatic N) is 2. The second-order valence-corrected chi connectivity index (χ2v) is 8.47. The van der Waals surface area contributed by atoms with Crippen LogP contribution in [-0.2, 0) is 6.61 Å². The van der Waals surface area contributed by atoms with Gasteiger partial charge in [-0.05, 0) is 66.2 Å². The van der Waals surface area contributed by atoms with E-state index in [1.165, 1.54) is 25.3 Å². The second kappa shape index (κ2) is 10.6. The summed E-state index contributed by atoms with van der Waals surface area (Å²) in [5, 5.41) is 9.51. The fraction of sp³-hybridized carbons (Fsp3) is 0.250. The van der Waals surface area contributed by atoms with E-state index in [0.717, 1.165) is 48.6 Å². The van der Waals surface area contributed by atoms with E-state index in [0.29, 0.717) is 16.9 Å². The summed E-state index contributed by atoms with van der Waals surface area (Å²) in [6, 6.07) is 18.1. The fourth-order valence-electron chi connectivity index (χ4n) is 4.11. The predicted molar refractivity (Wildman–Crippen MR) is 134 cm³/mol. The lowest BCUT2D eigenvalue weighted by molar-refractivity contribution is 0.104. The third kappa shape index (κ3) is 5.35. The van der Waals surface area contributed by atoms with Crippen LogP contribution in [-0.4, -0.2) is 56.1 Å². The van der Waals surface area contributed by atoms with Gasteiger partial charge in [0.25, 0.3) is 0 Å². The van der Waals surface area contributed by atoms with Gasteiger partial charge in [0.15, 0.2) is 5.78 Å². The van der Waals surface area contributed by atoms with E-state index in [2.05, 4.69) is 16.8 Å². The number of benzene rings is 3. The highest BCUT2D eigenvalue weighted by molar-refractivity contribution is 6.11. The minimum Gasteiger partial charge on any atom is -0.497 e. The fourth-order valence-corrected chi connectivity index (χ4v) is 4.11. The predicted octanol–water partition coefficient (Wildman–Crippen LogP) is 4.64. The first-order valence-corrected chi connectivity index (χ1v) is 11.3. The van der Waals surface area contributed by atoms with Crippen molar-refractivity contribution in [1.82, 2.24) is 4.90 Å². The maximum atomic E-state index is 14.4. The van der Waals surface area contributed by atoms with Gasteiger partial charge in [0.05, 0.1) is 13.7 Å². The molecular formula is C28H29FN2O3. The Hall–Kier alpha value is -3.48. The van der Waals surface area contributed by atoms with Crippen molar-refractivity contribution in [2.45, 2.75) is 6.61 Å². The zero-order valence-electron chi connectivity index (χ0n) is 19.5. The van der Waals surface area contributed by atoms with Gasteiger partial charge in [-0.15, -0.1) is 0 Å². The van der Waals surface area contributed by atoms with Crippen LogP contribution in [0.5, 0.6) is 5.75 Å². The molecule has 1 heterocycles. The Bertz CT molecular complexity index is 1200. The van der Waals surface area contributed by atoms with Crippen molar-refractivity contribution < 1.29 is 19.0 Å². The number of piperazine rings is 1. The number of methoxy groups -OCH3 is 1. The van der Waals surface area contributed by atoms with Crippen LogP contribution in [0.25, 0.3) is 17.2 Å². The third-order valence-corrected chi connectivity index (χ3v) is 6.17.